The largest absolute Gasteiger partial charge is 0.573 e. The molecular weight excluding hydrogens is 433 g/mol. The summed E-state index contributed by atoms with van der Waals surface area (Å²) in [7, 11) is 0. The van der Waals surface area contributed by atoms with Crippen LogP contribution in [0.1, 0.15) is 69.1 Å². The number of nitriles is 1. The van der Waals surface area contributed by atoms with Crippen LogP contribution in [0.2, 0.25) is 0 Å². The lowest BCUT2D eigenvalue weighted by molar-refractivity contribution is -0.274. The molecule has 1 N–H and O–H groups in total. The van der Waals surface area contributed by atoms with Crippen LogP contribution in [0.3, 0.4) is 0 Å². The molecule has 1 atom stereocenters. The van der Waals surface area contributed by atoms with E-state index in [2.05, 4.69) is 40.2 Å². The van der Waals surface area contributed by atoms with Gasteiger partial charge in [0.05, 0.1) is 12.3 Å². The molecule has 0 saturated heterocycles. The Labute approximate surface area is 192 Å². The summed E-state index contributed by atoms with van der Waals surface area (Å²) in [6, 6.07) is 6.54. The first-order chi connectivity index (χ1) is 15.9. The number of hydrogen-bond acceptors (Lipinski definition) is 6. The summed E-state index contributed by atoms with van der Waals surface area (Å²) in [4.78, 5) is 0. The van der Waals surface area contributed by atoms with E-state index < -0.39 is 6.36 Å². The van der Waals surface area contributed by atoms with Crippen LogP contribution in [0.4, 0.5) is 19.0 Å². The first-order valence-electron chi connectivity index (χ1n) is 11.4. The van der Waals surface area contributed by atoms with Crippen molar-refractivity contribution >= 4 is 5.82 Å². The fourth-order valence-corrected chi connectivity index (χ4v) is 4.02. The number of nitrogens with zero attached hydrogens (tertiary/aromatic N) is 3. The van der Waals surface area contributed by atoms with Gasteiger partial charge < -0.3 is 14.8 Å². The molecule has 0 bridgehead atoms. The Morgan fingerprint density at radius 1 is 1.24 bits per heavy atom. The van der Waals surface area contributed by atoms with Gasteiger partial charge in [-0.05, 0) is 49.4 Å². The Morgan fingerprint density at radius 3 is 2.76 bits per heavy atom. The smallest absolute Gasteiger partial charge is 0.406 e. The van der Waals surface area contributed by atoms with Gasteiger partial charge in [0.2, 0.25) is 0 Å². The number of hydrogen-bond donors (Lipinski definition) is 1. The molecule has 0 radical (unpaired) electrons. The molecule has 1 aliphatic heterocycles. The second-order valence-corrected chi connectivity index (χ2v) is 8.13. The number of rotatable bonds is 8. The summed E-state index contributed by atoms with van der Waals surface area (Å²) in [6.07, 6.45) is 1.67. The first kappa shape index (κ1) is 24.8. The van der Waals surface area contributed by atoms with Gasteiger partial charge in [-0.15, -0.1) is 23.4 Å². The highest BCUT2D eigenvalue weighted by Crippen LogP contribution is 2.35. The van der Waals surface area contributed by atoms with Crippen LogP contribution in [0.5, 0.6) is 5.75 Å². The molecule has 3 rings (SSSR count). The Kier molecular flexibility index (Phi) is 8.50. The lowest BCUT2D eigenvalue weighted by atomic mass is 9.95. The highest BCUT2D eigenvalue weighted by atomic mass is 19.4. The maximum atomic E-state index is 12.7. The Hall–Kier alpha value is -2.86. The highest BCUT2D eigenvalue weighted by molar-refractivity contribution is 5.73. The van der Waals surface area contributed by atoms with Crippen LogP contribution in [-0.2, 0) is 17.8 Å². The molecule has 33 heavy (non-hydrogen) atoms. The zero-order valence-electron chi connectivity index (χ0n) is 19.0. The summed E-state index contributed by atoms with van der Waals surface area (Å²) in [6.45, 7) is 4.77. The molecule has 0 aliphatic carbocycles. The molecule has 1 aromatic heterocycles. The highest BCUT2D eigenvalue weighted by Gasteiger charge is 2.31. The molecule has 0 amide bonds. The number of benzene rings is 1. The van der Waals surface area contributed by atoms with Crippen LogP contribution in [-0.4, -0.2) is 29.2 Å². The standard InChI is InChI=1S/C24H29F3N4O2/c1-3-5-6-8-17(4-2)29-23-21(14-28)20-9-7-12-32-15-16-13-18(33-24(25,26)27)10-11-19(16)22(20)30-31-23/h10-11,13,17H,3-9,12,15H2,1-2H3,(H,29,31). The van der Waals surface area contributed by atoms with Gasteiger partial charge in [0.25, 0.3) is 0 Å². The molecule has 0 spiro atoms. The van der Waals surface area contributed by atoms with E-state index >= 15 is 0 Å². The second kappa shape index (κ2) is 11.3. The number of unbranched alkanes of at least 4 members (excludes halogenated alkanes) is 2. The molecule has 1 aliphatic rings. The van der Waals surface area contributed by atoms with E-state index in [4.69, 9.17) is 4.74 Å². The van der Waals surface area contributed by atoms with Gasteiger partial charge in [0, 0.05) is 23.8 Å². The van der Waals surface area contributed by atoms with E-state index in [1.165, 1.54) is 18.2 Å². The van der Waals surface area contributed by atoms with Gasteiger partial charge in [-0.1, -0.05) is 33.1 Å². The topological polar surface area (TPSA) is 80.1 Å². The quantitative estimate of drug-likeness (QED) is 0.474. The molecule has 0 fully saturated rings. The second-order valence-electron chi connectivity index (χ2n) is 8.13. The minimum absolute atomic E-state index is 0.114. The van der Waals surface area contributed by atoms with Crippen LogP contribution in [0.15, 0.2) is 18.2 Å². The minimum Gasteiger partial charge on any atom is -0.406 e. The third-order valence-electron chi connectivity index (χ3n) is 5.71. The number of fused-ring (bicyclic) bond motifs is 3. The number of anilines is 1. The molecule has 178 valence electrons. The van der Waals surface area contributed by atoms with Crippen molar-refractivity contribution in [3.63, 3.8) is 0 Å². The van der Waals surface area contributed by atoms with Crippen LogP contribution < -0.4 is 10.1 Å². The normalized spacial score (nSPS) is 14.7. The molecule has 1 aromatic carbocycles. The maximum absolute atomic E-state index is 12.7. The van der Waals surface area contributed by atoms with Gasteiger partial charge in [-0.3, -0.25) is 0 Å². The zero-order chi connectivity index (χ0) is 23.8. The van der Waals surface area contributed by atoms with E-state index in [0.29, 0.717) is 47.7 Å². The molecule has 1 unspecified atom stereocenters. The van der Waals surface area contributed by atoms with Crippen LogP contribution >= 0.6 is 0 Å². The number of nitrogens with one attached hydrogen (secondary N) is 1. The van der Waals surface area contributed by atoms with Crippen molar-refractivity contribution in [3.05, 3.63) is 34.9 Å². The molecule has 0 saturated carbocycles. The Bertz CT molecular complexity index is 989. The number of ether oxygens (including phenoxy) is 2. The van der Waals surface area contributed by atoms with Crippen molar-refractivity contribution < 1.29 is 22.6 Å². The van der Waals surface area contributed by atoms with Gasteiger partial charge in [0.15, 0.2) is 5.82 Å². The monoisotopic (exact) mass is 462 g/mol. The van der Waals surface area contributed by atoms with Crippen molar-refractivity contribution in [3.8, 4) is 23.1 Å². The van der Waals surface area contributed by atoms with Crippen molar-refractivity contribution in [1.29, 1.82) is 5.26 Å². The lowest BCUT2D eigenvalue weighted by Crippen LogP contribution is -2.21. The Morgan fingerprint density at radius 2 is 2.06 bits per heavy atom. The Balaban J connectivity index is 2.00. The lowest BCUT2D eigenvalue weighted by Gasteiger charge is -2.20. The van der Waals surface area contributed by atoms with Crippen LogP contribution in [0.25, 0.3) is 11.3 Å². The third kappa shape index (κ3) is 6.57. The van der Waals surface area contributed by atoms with Crippen LogP contribution in [0, 0.1) is 11.3 Å². The summed E-state index contributed by atoms with van der Waals surface area (Å²) in [5.74, 6) is 0.133. The SMILES string of the molecule is CCCCCC(CC)Nc1nnc2c(c1C#N)CCCOCc1cc(OC(F)(F)F)ccc1-2. The summed E-state index contributed by atoms with van der Waals surface area (Å²) < 4.78 is 47.8. The van der Waals surface area contributed by atoms with Crippen molar-refractivity contribution in [2.75, 3.05) is 11.9 Å². The fraction of sp³-hybridized carbons (Fsp3) is 0.542. The average molecular weight is 463 g/mol. The van der Waals surface area contributed by atoms with Gasteiger partial charge in [-0.2, -0.15) is 5.26 Å². The van der Waals surface area contributed by atoms with Crippen molar-refractivity contribution in [2.24, 2.45) is 0 Å². The number of alkyl halides is 3. The van der Waals surface area contributed by atoms with E-state index in [1.807, 2.05) is 0 Å². The summed E-state index contributed by atoms with van der Waals surface area (Å²) in [5.41, 5.74) is 2.75. The number of aromatic nitrogens is 2. The maximum Gasteiger partial charge on any atom is 0.573 e. The molecule has 2 aromatic rings. The summed E-state index contributed by atoms with van der Waals surface area (Å²) in [5, 5.41) is 22.1. The zero-order valence-corrected chi connectivity index (χ0v) is 19.0. The average Bonchev–Trinajstić information content (AvgIpc) is 2.85. The first-order valence-corrected chi connectivity index (χ1v) is 11.4. The molecular formula is C24H29F3N4O2. The van der Waals surface area contributed by atoms with E-state index in [-0.39, 0.29) is 18.4 Å². The third-order valence-corrected chi connectivity index (χ3v) is 5.71. The molecule has 2 heterocycles. The van der Waals surface area contributed by atoms with Gasteiger partial charge >= 0.3 is 6.36 Å². The summed E-state index contributed by atoms with van der Waals surface area (Å²) >= 11 is 0. The molecule has 6 nitrogen and oxygen atoms in total. The van der Waals surface area contributed by atoms with E-state index in [1.54, 1.807) is 0 Å². The van der Waals surface area contributed by atoms with E-state index in [0.717, 1.165) is 37.7 Å². The number of halogens is 3. The van der Waals surface area contributed by atoms with Gasteiger partial charge in [0.1, 0.15) is 17.4 Å². The minimum atomic E-state index is -4.78. The van der Waals surface area contributed by atoms with Gasteiger partial charge in [-0.25, -0.2) is 0 Å². The fourth-order valence-electron chi connectivity index (χ4n) is 4.02. The predicted octanol–water partition coefficient (Wildman–Crippen LogP) is 6.15. The van der Waals surface area contributed by atoms with Crippen molar-refractivity contribution in [2.45, 2.75) is 77.8 Å². The predicted molar refractivity (Wildman–Crippen MR) is 119 cm³/mol. The molecule has 9 heteroatoms. The van der Waals surface area contributed by atoms with E-state index in [9.17, 15) is 18.4 Å². The van der Waals surface area contributed by atoms with Crippen molar-refractivity contribution in [1.82, 2.24) is 10.2 Å².